The van der Waals surface area contributed by atoms with Crippen LogP contribution < -0.4 is 10.5 Å². The monoisotopic (exact) mass is 270 g/mol. The molecule has 98 valence electrons. The van der Waals surface area contributed by atoms with Gasteiger partial charge in [-0.25, -0.2) is 17.9 Å². The van der Waals surface area contributed by atoms with E-state index < -0.39 is 16.0 Å². The third kappa shape index (κ3) is 2.80. The van der Waals surface area contributed by atoms with Crippen molar-refractivity contribution in [3.05, 3.63) is 23.8 Å². The Labute approximate surface area is 105 Å². The van der Waals surface area contributed by atoms with Crippen LogP contribution >= 0.6 is 0 Å². The van der Waals surface area contributed by atoms with Gasteiger partial charge in [-0.2, -0.15) is 0 Å². The maximum Gasteiger partial charge on any atom is 0.337 e. The highest BCUT2D eigenvalue weighted by molar-refractivity contribution is 7.89. The number of hydrogen-bond donors (Lipinski definition) is 3. The Kier molecular flexibility index (Phi) is 3.27. The first kappa shape index (κ1) is 12.8. The zero-order valence-corrected chi connectivity index (χ0v) is 10.4. The molecule has 0 bridgehead atoms. The lowest BCUT2D eigenvalue weighted by atomic mass is 10.2. The number of rotatable bonds is 5. The molecule has 0 saturated heterocycles. The van der Waals surface area contributed by atoms with E-state index in [9.17, 15) is 13.2 Å². The van der Waals surface area contributed by atoms with Crippen molar-refractivity contribution in [2.45, 2.75) is 17.7 Å². The van der Waals surface area contributed by atoms with Crippen molar-refractivity contribution in [2.24, 2.45) is 5.92 Å². The molecule has 0 amide bonds. The van der Waals surface area contributed by atoms with E-state index in [2.05, 4.69) is 4.72 Å². The fourth-order valence-electron chi connectivity index (χ4n) is 1.57. The van der Waals surface area contributed by atoms with Gasteiger partial charge in [-0.1, -0.05) is 0 Å². The summed E-state index contributed by atoms with van der Waals surface area (Å²) in [6, 6.07) is 3.73. The van der Waals surface area contributed by atoms with Gasteiger partial charge in [0.2, 0.25) is 10.0 Å². The number of benzene rings is 1. The first-order chi connectivity index (χ1) is 8.40. The number of aromatic carboxylic acids is 1. The van der Waals surface area contributed by atoms with Crippen molar-refractivity contribution < 1.29 is 18.3 Å². The van der Waals surface area contributed by atoms with Crippen LogP contribution in [0.5, 0.6) is 0 Å². The maximum atomic E-state index is 12.0. The van der Waals surface area contributed by atoms with Crippen molar-refractivity contribution in [3.8, 4) is 0 Å². The molecular formula is C11H14N2O4S. The summed E-state index contributed by atoms with van der Waals surface area (Å²) in [5, 5.41) is 8.98. The Morgan fingerprint density at radius 3 is 2.67 bits per heavy atom. The first-order valence-corrected chi connectivity index (χ1v) is 7.01. The Hall–Kier alpha value is -1.60. The van der Waals surface area contributed by atoms with Crippen LogP contribution in [0.15, 0.2) is 23.1 Å². The van der Waals surface area contributed by atoms with E-state index in [1.165, 1.54) is 18.2 Å². The zero-order valence-electron chi connectivity index (χ0n) is 9.59. The van der Waals surface area contributed by atoms with Gasteiger partial charge in [0, 0.05) is 12.2 Å². The van der Waals surface area contributed by atoms with Gasteiger partial charge in [0.05, 0.1) is 10.5 Å². The van der Waals surface area contributed by atoms with Crippen molar-refractivity contribution in [1.29, 1.82) is 0 Å². The summed E-state index contributed by atoms with van der Waals surface area (Å²) in [5.74, 6) is -0.920. The minimum Gasteiger partial charge on any atom is -0.478 e. The van der Waals surface area contributed by atoms with Crippen LogP contribution in [0.2, 0.25) is 0 Å². The molecule has 0 atom stereocenters. The predicted molar refractivity (Wildman–Crippen MR) is 65.7 cm³/mol. The van der Waals surface area contributed by atoms with Gasteiger partial charge in [-0.05, 0) is 37.0 Å². The molecule has 2 rings (SSSR count). The summed E-state index contributed by atoms with van der Waals surface area (Å²) in [6.07, 6.45) is 2.01. The van der Waals surface area contributed by atoms with E-state index in [-0.39, 0.29) is 16.1 Å². The van der Waals surface area contributed by atoms with Gasteiger partial charge in [0.1, 0.15) is 0 Å². The van der Waals surface area contributed by atoms with Crippen molar-refractivity contribution in [1.82, 2.24) is 4.72 Å². The van der Waals surface area contributed by atoms with E-state index in [4.69, 9.17) is 10.8 Å². The number of carboxylic acid groups (broad SMARTS) is 1. The second-order valence-corrected chi connectivity index (χ2v) is 6.09. The first-order valence-electron chi connectivity index (χ1n) is 5.52. The molecule has 1 aromatic carbocycles. The number of carbonyl (C=O) groups is 1. The van der Waals surface area contributed by atoms with Gasteiger partial charge in [0.25, 0.3) is 0 Å². The molecule has 0 radical (unpaired) electrons. The molecule has 0 spiro atoms. The highest BCUT2D eigenvalue weighted by Crippen LogP contribution is 2.28. The van der Waals surface area contributed by atoms with Gasteiger partial charge in [-0.3, -0.25) is 0 Å². The van der Waals surface area contributed by atoms with E-state index in [0.717, 1.165) is 12.8 Å². The Morgan fingerprint density at radius 2 is 2.11 bits per heavy atom. The molecule has 1 saturated carbocycles. The fraction of sp³-hybridized carbons (Fsp3) is 0.364. The van der Waals surface area contributed by atoms with Crippen LogP contribution in [-0.2, 0) is 10.0 Å². The number of sulfonamides is 1. The molecule has 0 heterocycles. The number of hydrogen-bond acceptors (Lipinski definition) is 4. The average Bonchev–Trinajstić information content (AvgIpc) is 3.09. The minimum absolute atomic E-state index is 0.215. The number of carboxylic acids is 1. The SMILES string of the molecule is Nc1ccc(C(=O)O)c(S(=O)(=O)NCC2CC2)c1. The molecule has 1 aromatic rings. The van der Waals surface area contributed by atoms with Gasteiger partial charge in [-0.15, -0.1) is 0 Å². The summed E-state index contributed by atoms with van der Waals surface area (Å²) in [6.45, 7) is 0.343. The number of nitrogens with two attached hydrogens (primary N) is 1. The standard InChI is InChI=1S/C11H14N2O4S/c12-8-3-4-9(11(14)15)10(5-8)18(16,17)13-6-7-1-2-7/h3-5,7,13H,1-2,6,12H2,(H,14,15). The molecule has 0 aromatic heterocycles. The van der Waals surface area contributed by atoms with Crippen molar-refractivity contribution in [2.75, 3.05) is 12.3 Å². The Bertz CT molecular complexity index is 579. The predicted octanol–water partition coefficient (Wildman–Crippen LogP) is 0.655. The normalized spacial score (nSPS) is 15.6. The molecular weight excluding hydrogens is 256 g/mol. The smallest absolute Gasteiger partial charge is 0.337 e. The quantitative estimate of drug-likeness (QED) is 0.681. The van der Waals surface area contributed by atoms with E-state index >= 15 is 0 Å². The lowest BCUT2D eigenvalue weighted by Crippen LogP contribution is -2.27. The third-order valence-electron chi connectivity index (χ3n) is 2.78. The molecule has 1 aliphatic carbocycles. The molecule has 0 aliphatic heterocycles. The largest absolute Gasteiger partial charge is 0.478 e. The highest BCUT2D eigenvalue weighted by atomic mass is 32.2. The van der Waals surface area contributed by atoms with Crippen LogP contribution in [0.4, 0.5) is 5.69 Å². The molecule has 7 heteroatoms. The van der Waals surface area contributed by atoms with Crippen LogP contribution in [-0.4, -0.2) is 26.0 Å². The van der Waals surface area contributed by atoms with Gasteiger partial charge in [0.15, 0.2) is 0 Å². The molecule has 6 nitrogen and oxygen atoms in total. The van der Waals surface area contributed by atoms with Crippen LogP contribution in [0.25, 0.3) is 0 Å². The Morgan fingerprint density at radius 1 is 1.44 bits per heavy atom. The number of anilines is 1. The third-order valence-corrected chi connectivity index (χ3v) is 4.25. The number of nitrogens with one attached hydrogen (secondary N) is 1. The molecule has 1 aliphatic rings. The van der Waals surface area contributed by atoms with E-state index in [1.807, 2.05) is 0 Å². The van der Waals surface area contributed by atoms with E-state index in [1.54, 1.807) is 0 Å². The lowest BCUT2D eigenvalue weighted by Gasteiger charge is -2.09. The van der Waals surface area contributed by atoms with Crippen molar-refractivity contribution in [3.63, 3.8) is 0 Å². The molecule has 18 heavy (non-hydrogen) atoms. The summed E-state index contributed by atoms with van der Waals surface area (Å²) in [7, 11) is -3.82. The summed E-state index contributed by atoms with van der Waals surface area (Å²) in [5.41, 5.74) is 5.45. The van der Waals surface area contributed by atoms with Gasteiger partial charge < -0.3 is 10.8 Å². The van der Waals surface area contributed by atoms with Crippen LogP contribution in [0.1, 0.15) is 23.2 Å². The minimum atomic E-state index is -3.82. The van der Waals surface area contributed by atoms with Gasteiger partial charge >= 0.3 is 5.97 Å². The molecule has 0 unspecified atom stereocenters. The average molecular weight is 270 g/mol. The lowest BCUT2D eigenvalue weighted by molar-refractivity contribution is 0.0692. The maximum absolute atomic E-state index is 12.0. The Balaban J connectivity index is 2.34. The highest BCUT2D eigenvalue weighted by Gasteiger charge is 2.27. The second kappa shape index (κ2) is 4.58. The summed E-state index contributed by atoms with van der Waals surface area (Å²) in [4.78, 5) is 10.7. The molecule has 4 N–H and O–H groups in total. The van der Waals surface area contributed by atoms with E-state index in [0.29, 0.717) is 12.5 Å². The summed E-state index contributed by atoms with van der Waals surface area (Å²) >= 11 is 0. The zero-order chi connectivity index (χ0) is 13.3. The van der Waals surface area contributed by atoms with Crippen LogP contribution in [0.3, 0.4) is 0 Å². The van der Waals surface area contributed by atoms with Crippen molar-refractivity contribution >= 4 is 21.7 Å². The number of nitrogen functional groups attached to an aromatic ring is 1. The topological polar surface area (TPSA) is 109 Å². The summed E-state index contributed by atoms with van der Waals surface area (Å²) < 4.78 is 26.4. The fourth-order valence-corrected chi connectivity index (χ4v) is 2.91. The second-order valence-electron chi connectivity index (χ2n) is 4.36. The van der Waals surface area contributed by atoms with Crippen LogP contribution in [0, 0.1) is 5.92 Å². The molecule has 1 fully saturated rings.